The SMILES string of the molecule is Fc1ccc(C2(NCc3ccc(Cl)s3)CCOCC2)cc1. The largest absolute Gasteiger partial charge is 0.381 e. The van der Waals surface area contributed by atoms with E-state index in [-0.39, 0.29) is 11.4 Å². The van der Waals surface area contributed by atoms with Gasteiger partial charge >= 0.3 is 0 Å². The molecule has 0 saturated carbocycles. The van der Waals surface area contributed by atoms with E-state index in [4.69, 9.17) is 16.3 Å². The third-order valence-electron chi connectivity index (χ3n) is 3.97. The second-order valence-electron chi connectivity index (χ2n) is 5.26. The first-order valence-electron chi connectivity index (χ1n) is 7.01. The van der Waals surface area contributed by atoms with E-state index >= 15 is 0 Å². The van der Waals surface area contributed by atoms with Gasteiger partial charge in [0.1, 0.15) is 5.82 Å². The second kappa shape index (κ2) is 6.44. The molecule has 0 bridgehead atoms. The van der Waals surface area contributed by atoms with Gasteiger partial charge in [0.25, 0.3) is 0 Å². The minimum absolute atomic E-state index is 0.150. The number of nitrogens with one attached hydrogen (secondary N) is 1. The molecule has 1 aromatic carbocycles. The molecule has 1 aliphatic heterocycles. The van der Waals surface area contributed by atoms with Crippen LogP contribution in [0.4, 0.5) is 4.39 Å². The quantitative estimate of drug-likeness (QED) is 0.903. The lowest BCUT2D eigenvalue weighted by atomic mass is 9.82. The van der Waals surface area contributed by atoms with Crippen LogP contribution in [-0.4, -0.2) is 13.2 Å². The van der Waals surface area contributed by atoms with E-state index in [1.165, 1.54) is 17.0 Å². The van der Waals surface area contributed by atoms with Crippen LogP contribution in [0.3, 0.4) is 0 Å². The van der Waals surface area contributed by atoms with Crippen LogP contribution in [0.5, 0.6) is 0 Å². The molecule has 1 aliphatic rings. The predicted molar refractivity (Wildman–Crippen MR) is 84.3 cm³/mol. The summed E-state index contributed by atoms with van der Waals surface area (Å²) in [7, 11) is 0. The summed E-state index contributed by atoms with van der Waals surface area (Å²) in [5.41, 5.74) is 0.970. The van der Waals surface area contributed by atoms with Gasteiger partial charge in [-0.15, -0.1) is 11.3 Å². The van der Waals surface area contributed by atoms with E-state index in [0.717, 1.165) is 42.5 Å². The van der Waals surface area contributed by atoms with Crippen molar-refractivity contribution in [2.75, 3.05) is 13.2 Å². The topological polar surface area (TPSA) is 21.3 Å². The van der Waals surface area contributed by atoms with Gasteiger partial charge < -0.3 is 10.1 Å². The summed E-state index contributed by atoms with van der Waals surface area (Å²) < 4.78 is 19.5. The minimum atomic E-state index is -0.203. The third-order valence-corrected chi connectivity index (χ3v) is 5.20. The molecule has 3 rings (SSSR count). The molecule has 0 amide bonds. The highest BCUT2D eigenvalue weighted by Crippen LogP contribution is 2.33. The van der Waals surface area contributed by atoms with Crippen LogP contribution < -0.4 is 5.32 Å². The van der Waals surface area contributed by atoms with Crippen LogP contribution in [-0.2, 0) is 16.8 Å². The Morgan fingerprint density at radius 3 is 2.48 bits per heavy atom. The van der Waals surface area contributed by atoms with Gasteiger partial charge in [-0.25, -0.2) is 4.39 Å². The summed E-state index contributed by atoms with van der Waals surface area (Å²) in [6.45, 7) is 2.19. The molecule has 2 heterocycles. The zero-order chi connectivity index (χ0) is 14.7. The summed E-state index contributed by atoms with van der Waals surface area (Å²) in [4.78, 5) is 1.20. The summed E-state index contributed by atoms with van der Waals surface area (Å²) >= 11 is 7.56. The van der Waals surface area contributed by atoms with Gasteiger partial charge in [0, 0.05) is 30.2 Å². The molecule has 2 aromatic rings. The van der Waals surface area contributed by atoms with Gasteiger partial charge in [-0.3, -0.25) is 0 Å². The number of hydrogen-bond donors (Lipinski definition) is 1. The average molecular weight is 326 g/mol. The Morgan fingerprint density at radius 1 is 1.14 bits per heavy atom. The molecule has 1 saturated heterocycles. The Morgan fingerprint density at radius 2 is 1.86 bits per heavy atom. The van der Waals surface area contributed by atoms with E-state index in [0.29, 0.717) is 0 Å². The van der Waals surface area contributed by atoms with Crippen molar-refractivity contribution in [3.8, 4) is 0 Å². The van der Waals surface area contributed by atoms with Gasteiger partial charge in [-0.1, -0.05) is 23.7 Å². The highest BCUT2D eigenvalue weighted by atomic mass is 35.5. The Hall–Kier alpha value is -0.940. The highest BCUT2D eigenvalue weighted by Gasteiger charge is 2.33. The van der Waals surface area contributed by atoms with Crippen molar-refractivity contribution in [3.63, 3.8) is 0 Å². The lowest BCUT2D eigenvalue weighted by Crippen LogP contribution is -2.46. The first kappa shape index (κ1) is 15.0. The van der Waals surface area contributed by atoms with Gasteiger partial charge in [-0.2, -0.15) is 0 Å². The molecule has 0 unspecified atom stereocenters. The summed E-state index contributed by atoms with van der Waals surface area (Å²) in [5.74, 6) is -0.203. The second-order valence-corrected chi connectivity index (χ2v) is 7.06. The monoisotopic (exact) mass is 325 g/mol. The number of hydrogen-bond acceptors (Lipinski definition) is 3. The maximum Gasteiger partial charge on any atom is 0.123 e. The lowest BCUT2D eigenvalue weighted by Gasteiger charge is -2.38. The number of ether oxygens (including phenoxy) is 1. The molecule has 5 heteroatoms. The Kier molecular flexibility index (Phi) is 4.60. The van der Waals surface area contributed by atoms with E-state index in [9.17, 15) is 4.39 Å². The van der Waals surface area contributed by atoms with Crippen molar-refractivity contribution in [3.05, 3.63) is 57.0 Å². The minimum Gasteiger partial charge on any atom is -0.381 e. The normalized spacial score (nSPS) is 17.8. The molecule has 0 aliphatic carbocycles. The molecule has 1 N–H and O–H groups in total. The van der Waals surface area contributed by atoms with Crippen LogP contribution in [0.2, 0.25) is 4.34 Å². The molecule has 21 heavy (non-hydrogen) atoms. The molecule has 2 nitrogen and oxygen atoms in total. The molecular formula is C16H17ClFNOS. The van der Waals surface area contributed by atoms with Crippen LogP contribution in [0.25, 0.3) is 0 Å². The molecule has 1 aromatic heterocycles. The number of benzene rings is 1. The standard InChI is InChI=1S/C16H17ClFNOS/c17-15-6-5-14(21-15)11-19-16(7-9-20-10-8-16)12-1-3-13(18)4-2-12/h1-6,19H,7-11H2. The van der Waals surface area contributed by atoms with Crippen molar-refractivity contribution < 1.29 is 9.13 Å². The number of rotatable bonds is 4. The maximum atomic E-state index is 13.2. The molecule has 112 valence electrons. The third kappa shape index (κ3) is 3.46. The number of thiophene rings is 1. The first-order chi connectivity index (χ1) is 10.2. The maximum absolute atomic E-state index is 13.2. The summed E-state index contributed by atoms with van der Waals surface area (Å²) in [6.07, 6.45) is 1.77. The summed E-state index contributed by atoms with van der Waals surface area (Å²) in [5, 5.41) is 3.65. The van der Waals surface area contributed by atoms with Crippen molar-refractivity contribution >= 4 is 22.9 Å². The lowest BCUT2D eigenvalue weighted by molar-refractivity contribution is 0.0359. The van der Waals surface area contributed by atoms with Gasteiger partial charge in [0.05, 0.1) is 4.34 Å². The van der Waals surface area contributed by atoms with Crippen LogP contribution >= 0.6 is 22.9 Å². The van der Waals surface area contributed by atoms with Crippen molar-refractivity contribution in [1.29, 1.82) is 0 Å². The zero-order valence-corrected chi connectivity index (χ0v) is 13.1. The fourth-order valence-corrected chi connectivity index (χ4v) is 3.79. The van der Waals surface area contributed by atoms with Gasteiger partial charge in [-0.05, 0) is 42.7 Å². The summed E-state index contributed by atoms with van der Waals surface area (Å²) in [6, 6.07) is 10.7. The van der Waals surface area contributed by atoms with Crippen LogP contribution in [0.15, 0.2) is 36.4 Å². The van der Waals surface area contributed by atoms with Crippen LogP contribution in [0, 0.1) is 5.82 Å². The Labute approximate surface area is 132 Å². The number of halogens is 2. The highest BCUT2D eigenvalue weighted by molar-refractivity contribution is 7.16. The molecule has 0 spiro atoms. The zero-order valence-electron chi connectivity index (χ0n) is 11.6. The van der Waals surface area contributed by atoms with E-state index in [2.05, 4.69) is 5.32 Å². The van der Waals surface area contributed by atoms with Gasteiger partial charge in [0.15, 0.2) is 0 Å². The van der Waals surface area contributed by atoms with Crippen molar-refractivity contribution in [1.82, 2.24) is 5.32 Å². The predicted octanol–water partition coefficient (Wildman–Crippen LogP) is 4.34. The Balaban J connectivity index is 1.80. The fourth-order valence-electron chi connectivity index (χ4n) is 2.76. The van der Waals surface area contributed by atoms with Crippen molar-refractivity contribution in [2.24, 2.45) is 0 Å². The molecule has 1 fully saturated rings. The van der Waals surface area contributed by atoms with Crippen molar-refractivity contribution in [2.45, 2.75) is 24.9 Å². The molecule has 0 atom stereocenters. The first-order valence-corrected chi connectivity index (χ1v) is 8.20. The molecular weight excluding hydrogens is 309 g/mol. The van der Waals surface area contributed by atoms with E-state index in [1.807, 2.05) is 24.3 Å². The van der Waals surface area contributed by atoms with Crippen LogP contribution in [0.1, 0.15) is 23.3 Å². The van der Waals surface area contributed by atoms with E-state index < -0.39 is 0 Å². The van der Waals surface area contributed by atoms with Gasteiger partial charge in [0.2, 0.25) is 0 Å². The van der Waals surface area contributed by atoms with E-state index in [1.54, 1.807) is 11.3 Å². The smallest absolute Gasteiger partial charge is 0.123 e. The Bertz CT molecular complexity index is 593. The fraction of sp³-hybridized carbons (Fsp3) is 0.375. The molecule has 0 radical (unpaired) electrons. The average Bonchev–Trinajstić information content (AvgIpc) is 2.92.